The van der Waals surface area contributed by atoms with Crippen molar-refractivity contribution in [3.8, 4) is 5.75 Å². The van der Waals surface area contributed by atoms with Gasteiger partial charge >= 0.3 is 6.02 Å². The molecule has 38 heavy (non-hydrogen) atoms. The Kier molecular flexibility index (Phi) is 14.6. The van der Waals surface area contributed by atoms with Crippen LogP contribution in [0.4, 0.5) is 4.39 Å². The summed E-state index contributed by atoms with van der Waals surface area (Å²) in [5.41, 5.74) is 0.0353. The van der Waals surface area contributed by atoms with Crippen molar-refractivity contribution in [1.82, 2.24) is 19.0 Å². The number of oxime groups is 1. The highest BCUT2D eigenvalue weighted by Crippen LogP contribution is 2.18. The smallest absolute Gasteiger partial charge is 0.317 e. The zero-order valence-corrected chi connectivity index (χ0v) is 24.5. The molecule has 0 spiro atoms. The second-order valence-corrected chi connectivity index (χ2v) is 10.9. The predicted molar refractivity (Wildman–Crippen MR) is 155 cm³/mol. The van der Waals surface area contributed by atoms with Crippen molar-refractivity contribution in [3.63, 3.8) is 0 Å². The molecule has 214 valence electrons. The van der Waals surface area contributed by atoms with Crippen molar-refractivity contribution in [3.05, 3.63) is 29.6 Å². The first-order chi connectivity index (χ1) is 18.3. The number of carbonyl (C=O) groups excluding carboxylic acids is 1. The van der Waals surface area contributed by atoms with Crippen molar-refractivity contribution in [2.45, 2.75) is 32.7 Å². The number of hydrogen-bond acceptors (Lipinski definition) is 9. The number of likely N-dealkylation sites (tertiary alicyclic amines) is 1. The molecule has 1 aromatic carbocycles. The van der Waals surface area contributed by atoms with E-state index in [0.29, 0.717) is 43.2 Å². The maximum Gasteiger partial charge on any atom is 0.317 e. The summed E-state index contributed by atoms with van der Waals surface area (Å²) in [5.74, 6) is 0.311. The summed E-state index contributed by atoms with van der Waals surface area (Å²) >= 11 is 1.85. The minimum Gasteiger partial charge on any atom is -0.492 e. The van der Waals surface area contributed by atoms with E-state index in [4.69, 9.17) is 9.57 Å². The van der Waals surface area contributed by atoms with Crippen LogP contribution in [-0.2, 0) is 4.84 Å². The third kappa shape index (κ3) is 11.3. The van der Waals surface area contributed by atoms with E-state index in [1.165, 1.54) is 38.3 Å². The number of hydrogen-bond donors (Lipinski definition) is 0. The zero-order valence-electron chi connectivity index (χ0n) is 23.6. The van der Waals surface area contributed by atoms with Gasteiger partial charge in [-0.15, -0.1) is 0 Å². The number of nitrogens with zero attached hydrogens (tertiary/aromatic N) is 6. The van der Waals surface area contributed by atoms with Crippen molar-refractivity contribution < 1.29 is 18.8 Å². The summed E-state index contributed by atoms with van der Waals surface area (Å²) in [6.45, 7) is 16.0. The van der Waals surface area contributed by atoms with E-state index in [2.05, 4.69) is 70.1 Å². The molecule has 2 aliphatic heterocycles. The van der Waals surface area contributed by atoms with Gasteiger partial charge in [0, 0.05) is 71.2 Å². The van der Waals surface area contributed by atoms with Crippen molar-refractivity contribution in [2.75, 3.05) is 79.3 Å². The minimum absolute atomic E-state index is 0.0353. The lowest BCUT2D eigenvalue weighted by Crippen LogP contribution is -2.46. The highest BCUT2D eigenvalue weighted by molar-refractivity contribution is 7.96. The SMILES string of the molecule is C=NOC(=NCC(C)C)N1CCC(N(C)CCOc2ccc(C=O)c(F)c2)CC1.CSN1CCN(C)CC1. The molecule has 0 N–H and O–H groups in total. The second-order valence-electron chi connectivity index (χ2n) is 10.0. The Morgan fingerprint density at radius 2 is 1.92 bits per heavy atom. The fraction of sp³-hybridized carbons (Fsp3) is 0.667. The van der Waals surface area contributed by atoms with Gasteiger partial charge in [0.15, 0.2) is 6.29 Å². The van der Waals surface area contributed by atoms with Crippen molar-refractivity contribution >= 4 is 31.0 Å². The summed E-state index contributed by atoms with van der Waals surface area (Å²) in [7, 11) is 4.24. The molecule has 0 atom stereocenters. The Morgan fingerprint density at radius 1 is 1.24 bits per heavy atom. The number of piperidine rings is 1. The molecule has 0 aliphatic carbocycles. The monoisotopic (exact) mass is 552 g/mol. The van der Waals surface area contributed by atoms with E-state index < -0.39 is 5.82 Å². The number of carbonyl (C=O) groups is 1. The van der Waals surface area contributed by atoms with Gasteiger partial charge in [-0.2, -0.15) is 0 Å². The summed E-state index contributed by atoms with van der Waals surface area (Å²) in [6.07, 6.45) is 4.58. The van der Waals surface area contributed by atoms with Gasteiger partial charge in [-0.3, -0.25) is 9.69 Å². The van der Waals surface area contributed by atoms with Crippen molar-refractivity contribution in [1.29, 1.82) is 0 Å². The first-order valence-corrected chi connectivity index (χ1v) is 14.4. The molecule has 0 radical (unpaired) electrons. The normalized spacial score (nSPS) is 17.8. The summed E-state index contributed by atoms with van der Waals surface area (Å²) in [4.78, 5) is 27.2. The molecule has 3 rings (SSSR count). The van der Waals surface area contributed by atoms with Crippen LogP contribution in [0, 0.1) is 11.7 Å². The Bertz CT molecular complexity index is 874. The summed E-state index contributed by atoms with van der Waals surface area (Å²) in [6, 6.07) is 5.24. The molecule has 2 fully saturated rings. The second kappa shape index (κ2) is 17.4. The number of benzene rings is 1. The fourth-order valence-corrected chi connectivity index (χ4v) is 4.69. The average Bonchev–Trinajstić information content (AvgIpc) is 2.92. The third-order valence-electron chi connectivity index (χ3n) is 6.63. The molecule has 0 saturated carbocycles. The molecule has 2 heterocycles. The van der Waals surface area contributed by atoms with Gasteiger partial charge in [0.2, 0.25) is 0 Å². The molecule has 11 heteroatoms. The first-order valence-electron chi connectivity index (χ1n) is 13.2. The molecule has 2 aliphatic rings. The number of amidine groups is 1. The van der Waals surface area contributed by atoms with E-state index in [0.717, 1.165) is 32.5 Å². The Hall–Kier alpha value is -2.21. The standard InChI is InChI=1S/C21H31FN4O3.C6H14N2S/c1-16(2)14-24-21(29-23-3)26-9-7-18(8-10-26)25(4)11-12-28-19-6-5-17(15-27)20(22)13-19;1-7-3-5-8(9-2)6-4-7/h5-6,13,15-16,18H,3,7-12,14H2,1-2,4H3;3-6H2,1-2H3. The molecular formula is C27H45FN6O3S. The number of ether oxygens (including phenoxy) is 1. The summed E-state index contributed by atoms with van der Waals surface area (Å²) in [5, 5.41) is 3.53. The predicted octanol–water partition coefficient (Wildman–Crippen LogP) is 3.57. The van der Waals surface area contributed by atoms with Gasteiger partial charge in [-0.25, -0.2) is 13.7 Å². The van der Waals surface area contributed by atoms with E-state index in [1.54, 1.807) is 6.07 Å². The van der Waals surface area contributed by atoms with Gasteiger partial charge in [-0.1, -0.05) is 31.0 Å². The van der Waals surface area contributed by atoms with Crippen LogP contribution >= 0.6 is 11.9 Å². The molecule has 0 aromatic heterocycles. The van der Waals surface area contributed by atoms with Crippen LogP contribution < -0.4 is 4.74 Å². The lowest BCUT2D eigenvalue weighted by atomic mass is 10.0. The van der Waals surface area contributed by atoms with Crippen LogP contribution in [-0.4, -0.2) is 123 Å². The van der Waals surface area contributed by atoms with Gasteiger partial charge in [0.1, 0.15) is 18.2 Å². The highest BCUT2D eigenvalue weighted by atomic mass is 32.2. The molecular weight excluding hydrogens is 507 g/mol. The third-order valence-corrected chi connectivity index (χ3v) is 7.51. The zero-order chi connectivity index (χ0) is 27.9. The van der Waals surface area contributed by atoms with E-state index in [9.17, 15) is 9.18 Å². The molecule has 1 aromatic rings. The number of likely N-dealkylation sites (N-methyl/N-ethyl adjacent to an activating group) is 2. The topological polar surface area (TPSA) is 73.2 Å². The van der Waals surface area contributed by atoms with Crippen LogP contribution in [0.2, 0.25) is 0 Å². The number of halogens is 1. The fourth-order valence-electron chi connectivity index (χ4n) is 4.16. The Balaban J connectivity index is 0.000000474. The van der Waals surface area contributed by atoms with Crippen molar-refractivity contribution in [2.24, 2.45) is 16.1 Å². The first kappa shape index (κ1) is 32.0. The number of rotatable bonds is 10. The quantitative estimate of drug-likeness (QED) is 0.143. The van der Waals surface area contributed by atoms with Crippen LogP contribution in [0.1, 0.15) is 37.0 Å². The number of aldehydes is 1. The summed E-state index contributed by atoms with van der Waals surface area (Å²) < 4.78 is 21.7. The number of aliphatic imine (C=N–C) groups is 1. The van der Waals surface area contributed by atoms with E-state index >= 15 is 0 Å². The molecule has 0 unspecified atom stereocenters. The Labute approximate surface area is 232 Å². The lowest BCUT2D eigenvalue weighted by Gasteiger charge is -2.37. The maximum atomic E-state index is 13.6. The maximum absolute atomic E-state index is 13.6. The molecule has 0 amide bonds. The molecule has 9 nitrogen and oxygen atoms in total. The van der Waals surface area contributed by atoms with E-state index in [1.807, 2.05) is 11.9 Å². The van der Waals surface area contributed by atoms with E-state index in [-0.39, 0.29) is 5.56 Å². The van der Waals surface area contributed by atoms with Gasteiger partial charge in [0.25, 0.3) is 0 Å². The van der Waals surface area contributed by atoms with Gasteiger partial charge in [0.05, 0.1) is 5.56 Å². The van der Waals surface area contributed by atoms with Gasteiger partial charge < -0.3 is 19.4 Å². The Morgan fingerprint density at radius 3 is 2.47 bits per heavy atom. The highest BCUT2D eigenvalue weighted by Gasteiger charge is 2.25. The van der Waals surface area contributed by atoms with Crippen LogP contribution in [0.3, 0.4) is 0 Å². The minimum atomic E-state index is -0.565. The van der Waals surface area contributed by atoms with Crippen LogP contribution in [0.25, 0.3) is 0 Å². The molecule has 0 bridgehead atoms. The van der Waals surface area contributed by atoms with Gasteiger partial charge in [-0.05, 0) is 51.2 Å². The largest absolute Gasteiger partial charge is 0.492 e. The van der Waals surface area contributed by atoms with Crippen LogP contribution in [0.15, 0.2) is 28.3 Å². The van der Waals surface area contributed by atoms with Crippen LogP contribution in [0.5, 0.6) is 5.75 Å². The number of piperazine rings is 1. The lowest BCUT2D eigenvalue weighted by molar-refractivity contribution is 0.111. The molecule has 2 saturated heterocycles. The average molecular weight is 553 g/mol.